The monoisotopic (exact) mass is 485 g/mol. The third-order valence-corrected chi connectivity index (χ3v) is 4.96. The predicted octanol–water partition coefficient (Wildman–Crippen LogP) is 4.76. The smallest absolute Gasteiger partial charge is 0.333 e. The number of carbonyl (C=O) groups is 1. The summed E-state index contributed by atoms with van der Waals surface area (Å²) in [6, 6.07) is 10.4. The van der Waals surface area contributed by atoms with Gasteiger partial charge in [0, 0.05) is 11.4 Å². The lowest BCUT2D eigenvalue weighted by Gasteiger charge is -2.19. The third kappa shape index (κ3) is 8.48. The van der Waals surface area contributed by atoms with Gasteiger partial charge in [-0.1, -0.05) is 35.3 Å². The second-order valence-corrected chi connectivity index (χ2v) is 8.18. The zero-order valence-corrected chi connectivity index (χ0v) is 19.8. The van der Waals surface area contributed by atoms with E-state index < -0.39 is 18.5 Å². The van der Waals surface area contributed by atoms with E-state index in [1.165, 1.54) is 0 Å². The van der Waals surface area contributed by atoms with E-state index >= 15 is 0 Å². The highest BCUT2D eigenvalue weighted by Gasteiger charge is 2.21. The average Bonchev–Trinajstić information content (AvgIpc) is 2.71. The minimum Gasteiger partial charge on any atom is -0.494 e. The number of carboxylic acids is 1. The molecule has 0 bridgehead atoms. The second kappa shape index (κ2) is 12.9. The van der Waals surface area contributed by atoms with Crippen molar-refractivity contribution < 1.29 is 29.2 Å². The molecule has 0 fully saturated rings. The number of aliphatic hydroxyl groups excluding tert-OH is 1. The lowest BCUT2D eigenvalue weighted by Crippen LogP contribution is -2.29. The maximum absolute atomic E-state index is 11.5. The van der Waals surface area contributed by atoms with Crippen molar-refractivity contribution in [3.63, 3.8) is 0 Å². The number of benzene rings is 2. The Balaban J connectivity index is 2.01. The zero-order valence-electron chi connectivity index (χ0n) is 18.3. The van der Waals surface area contributed by atoms with Crippen molar-refractivity contribution in [2.24, 2.45) is 0 Å². The molecular weight excluding hydrogens is 457 g/mol. The Labute approximate surface area is 198 Å². The molecule has 7 nitrogen and oxygen atoms in total. The standard InChI is InChI=1S/C23H29Cl2NO6/c1-4-30-20-8-5-15(12-21(22(27)28)32-14(2)3)11-16(20)9-10-31-23(29)26-19-7-6-17(24)13-18(19)25/h5-8,11,13-14,21,23,26,29H,4,9-10,12H2,1-3H3,(H,27,28). The molecule has 176 valence electrons. The van der Waals surface area contributed by atoms with Crippen LogP contribution in [0, 0.1) is 0 Å². The number of hydrogen-bond donors (Lipinski definition) is 3. The van der Waals surface area contributed by atoms with E-state index in [9.17, 15) is 15.0 Å². The molecule has 2 aromatic carbocycles. The quantitative estimate of drug-likeness (QED) is 0.351. The fourth-order valence-corrected chi connectivity index (χ4v) is 3.51. The molecule has 2 atom stereocenters. The first-order valence-corrected chi connectivity index (χ1v) is 11.1. The molecule has 0 saturated carbocycles. The molecule has 32 heavy (non-hydrogen) atoms. The fourth-order valence-electron chi connectivity index (χ4n) is 3.05. The molecule has 0 heterocycles. The number of ether oxygens (including phenoxy) is 3. The van der Waals surface area contributed by atoms with Crippen molar-refractivity contribution in [1.82, 2.24) is 0 Å². The lowest BCUT2D eigenvalue weighted by atomic mass is 10.0. The van der Waals surface area contributed by atoms with Gasteiger partial charge in [0.2, 0.25) is 6.41 Å². The summed E-state index contributed by atoms with van der Waals surface area (Å²) in [7, 11) is 0. The van der Waals surface area contributed by atoms with Crippen LogP contribution in [-0.4, -0.2) is 48.0 Å². The van der Waals surface area contributed by atoms with Crippen LogP contribution in [0.15, 0.2) is 36.4 Å². The molecule has 0 radical (unpaired) electrons. The Morgan fingerprint density at radius 2 is 1.91 bits per heavy atom. The predicted molar refractivity (Wildman–Crippen MR) is 125 cm³/mol. The van der Waals surface area contributed by atoms with Crippen LogP contribution in [0.4, 0.5) is 5.69 Å². The Bertz CT molecular complexity index is 893. The third-order valence-electron chi connectivity index (χ3n) is 4.41. The molecule has 0 saturated heterocycles. The van der Waals surface area contributed by atoms with E-state index in [0.717, 1.165) is 11.1 Å². The first-order chi connectivity index (χ1) is 15.2. The van der Waals surface area contributed by atoms with Gasteiger partial charge in [0.25, 0.3) is 0 Å². The van der Waals surface area contributed by atoms with Crippen molar-refractivity contribution in [3.8, 4) is 5.75 Å². The number of rotatable bonds is 13. The minimum absolute atomic E-state index is 0.188. The molecule has 2 aromatic rings. The van der Waals surface area contributed by atoms with Gasteiger partial charge in [0.05, 0.1) is 30.0 Å². The van der Waals surface area contributed by atoms with Crippen LogP contribution in [0.2, 0.25) is 10.0 Å². The largest absolute Gasteiger partial charge is 0.494 e. The summed E-state index contributed by atoms with van der Waals surface area (Å²) < 4.78 is 16.6. The Morgan fingerprint density at radius 3 is 2.53 bits per heavy atom. The average molecular weight is 486 g/mol. The first-order valence-electron chi connectivity index (χ1n) is 10.3. The Morgan fingerprint density at radius 1 is 1.16 bits per heavy atom. The van der Waals surface area contributed by atoms with Crippen LogP contribution in [0.1, 0.15) is 31.9 Å². The van der Waals surface area contributed by atoms with E-state index in [0.29, 0.717) is 34.5 Å². The number of aliphatic hydroxyl groups is 1. The highest BCUT2D eigenvalue weighted by atomic mass is 35.5. The van der Waals surface area contributed by atoms with Gasteiger partial charge in [0.15, 0.2) is 6.10 Å². The van der Waals surface area contributed by atoms with Gasteiger partial charge < -0.3 is 29.7 Å². The summed E-state index contributed by atoms with van der Waals surface area (Å²) in [5.41, 5.74) is 2.14. The van der Waals surface area contributed by atoms with Crippen LogP contribution in [-0.2, 0) is 27.1 Å². The van der Waals surface area contributed by atoms with Gasteiger partial charge in [-0.05, 0) is 62.6 Å². The van der Waals surface area contributed by atoms with Gasteiger partial charge in [-0.15, -0.1) is 0 Å². The van der Waals surface area contributed by atoms with Crippen molar-refractivity contribution in [1.29, 1.82) is 0 Å². The number of anilines is 1. The fraction of sp³-hybridized carbons (Fsp3) is 0.435. The first kappa shape index (κ1) is 26.2. The van der Waals surface area contributed by atoms with E-state index in [2.05, 4.69) is 5.32 Å². The molecule has 0 aliphatic carbocycles. The van der Waals surface area contributed by atoms with Crippen LogP contribution in [0.3, 0.4) is 0 Å². The molecule has 2 unspecified atom stereocenters. The van der Waals surface area contributed by atoms with E-state index in [1.54, 1.807) is 32.0 Å². The number of halogens is 2. The molecule has 9 heteroatoms. The van der Waals surface area contributed by atoms with Gasteiger partial charge in [0.1, 0.15) is 5.75 Å². The summed E-state index contributed by atoms with van der Waals surface area (Å²) in [5, 5.41) is 23.2. The van der Waals surface area contributed by atoms with Gasteiger partial charge in [-0.2, -0.15) is 0 Å². The molecule has 0 amide bonds. The summed E-state index contributed by atoms with van der Waals surface area (Å²) in [6.45, 7) is 6.16. The molecule has 0 aromatic heterocycles. The number of nitrogens with one attached hydrogen (secondary N) is 1. The zero-order chi connectivity index (χ0) is 23.7. The van der Waals surface area contributed by atoms with Crippen molar-refractivity contribution in [2.45, 2.75) is 52.2 Å². The summed E-state index contributed by atoms with van der Waals surface area (Å²) in [4.78, 5) is 11.5. The summed E-state index contributed by atoms with van der Waals surface area (Å²) in [6.07, 6.45) is -1.74. The van der Waals surface area contributed by atoms with Gasteiger partial charge >= 0.3 is 5.97 Å². The molecule has 0 spiro atoms. The Kier molecular flexibility index (Phi) is 10.5. The van der Waals surface area contributed by atoms with Crippen molar-refractivity contribution in [3.05, 3.63) is 57.6 Å². The van der Waals surface area contributed by atoms with E-state index in [-0.39, 0.29) is 19.1 Å². The van der Waals surface area contributed by atoms with Gasteiger partial charge in [-0.25, -0.2) is 4.79 Å². The number of aliphatic carboxylic acids is 1. The van der Waals surface area contributed by atoms with Crippen LogP contribution < -0.4 is 10.1 Å². The molecule has 0 aliphatic rings. The SMILES string of the molecule is CCOc1ccc(CC(OC(C)C)C(=O)O)cc1CCOC(O)Nc1ccc(Cl)cc1Cl. The maximum Gasteiger partial charge on any atom is 0.333 e. The van der Waals surface area contributed by atoms with E-state index in [4.69, 9.17) is 37.4 Å². The highest BCUT2D eigenvalue weighted by Crippen LogP contribution is 2.26. The number of carboxylic acid groups (broad SMARTS) is 1. The Hall–Kier alpha value is -2.03. The molecule has 0 aliphatic heterocycles. The van der Waals surface area contributed by atoms with Crippen LogP contribution in [0.25, 0.3) is 0 Å². The lowest BCUT2D eigenvalue weighted by molar-refractivity contribution is -0.153. The summed E-state index contributed by atoms with van der Waals surface area (Å²) in [5.74, 6) is -0.327. The van der Waals surface area contributed by atoms with E-state index in [1.807, 2.05) is 25.1 Å². The van der Waals surface area contributed by atoms with Gasteiger partial charge in [-0.3, -0.25) is 0 Å². The maximum atomic E-state index is 11.5. The van der Waals surface area contributed by atoms with Crippen LogP contribution in [0.5, 0.6) is 5.75 Å². The molecule has 2 rings (SSSR count). The van der Waals surface area contributed by atoms with Crippen molar-refractivity contribution in [2.75, 3.05) is 18.5 Å². The van der Waals surface area contributed by atoms with Crippen molar-refractivity contribution >= 4 is 34.9 Å². The highest BCUT2D eigenvalue weighted by molar-refractivity contribution is 6.36. The summed E-state index contributed by atoms with van der Waals surface area (Å²) >= 11 is 12.0. The topological polar surface area (TPSA) is 97.3 Å². The molecular formula is C23H29Cl2NO6. The normalized spacial score (nSPS) is 13.1. The molecule has 3 N–H and O–H groups in total. The van der Waals surface area contributed by atoms with Crippen LogP contribution >= 0.6 is 23.2 Å². The minimum atomic E-state index is -1.27. The second-order valence-electron chi connectivity index (χ2n) is 7.33. The number of hydrogen-bond acceptors (Lipinski definition) is 6.